The summed E-state index contributed by atoms with van der Waals surface area (Å²) in [5.74, 6) is 1.02. The number of ether oxygens (including phenoxy) is 2. The van der Waals surface area contributed by atoms with E-state index in [1.165, 1.54) is 12.1 Å². The van der Waals surface area contributed by atoms with E-state index < -0.39 is 0 Å². The lowest BCUT2D eigenvalue weighted by molar-refractivity contribution is 0.268. The second-order valence-electron chi connectivity index (χ2n) is 4.44. The Morgan fingerprint density at radius 2 is 1.90 bits per heavy atom. The molecule has 0 fully saturated rings. The third-order valence-corrected chi connectivity index (χ3v) is 3.68. The topological polar surface area (TPSA) is 44.5 Å². The highest BCUT2D eigenvalue weighted by Crippen LogP contribution is 2.30. The molecule has 3 nitrogen and oxygen atoms in total. The molecule has 0 radical (unpaired) electrons. The molecule has 0 heterocycles. The number of hydrogen-bond acceptors (Lipinski definition) is 3. The Kier molecular flexibility index (Phi) is 5.59. The summed E-state index contributed by atoms with van der Waals surface area (Å²) in [6.07, 6.45) is 0. The predicted molar refractivity (Wildman–Crippen MR) is 83.9 cm³/mol. The van der Waals surface area contributed by atoms with Gasteiger partial charge in [-0.15, -0.1) is 0 Å². The standard InChI is InChI=1S/C16H17BrFNO2/c1-2-20-16-7-11(9-19)3-6-15(16)21-10-12-4-5-13(18)8-14(12)17/h3-8H,2,9-10,19H2,1H3. The molecule has 0 aliphatic rings. The van der Waals surface area contributed by atoms with Crippen molar-refractivity contribution >= 4 is 15.9 Å². The summed E-state index contributed by atoms with van der Waals surface area (Å²) in [5.41, 5.74) is 7.47. The molecule has 2 aromatic rings. The molecule has 0 aromatic heterocycles. The molecule has 0 amide bonds. The highest BCUT2D eigenvalue weighted by atomic mass is 79.9. The Hall–Kier alpha value is -1.59. The smallest absolute Gasteiger partial charge is 0.161 e. The minimum Gasteiger partial charge on any atom is -0.490 e. The summed E-state index contributed by atoms with van der Waals surface area (Å²) >= 11 is 3.32. The van der Waals surface area contributed by atoms with E-state index in [0.717, 1.165) is 11.1 Å². The van der Waals surface area contributed by atoms with Crippen LogP contribution in [0.25, 0.3) is 0 Å². The summed E-state index contributed by atoms with van der Waals surface area (Å²) < 4.78 is 25.1. The first kappa shape index (κ1) is 15.8. The van der Waals surface area contributed by atoms with Gasteiger partial charge in [-0.3, -0.25) is 0 Å². The van der Waals surface area contributed by atoms with Crippen LogP contribution in [-0.4, -0.2) is 6.61 Å². The first-order valence-corrected chi connectivity index (χ1v) is 7.46. The van der Waals surface area contributed by atoms with Gasteiger partial charge in [-0.25, -0.2) is 4.39 Å². The van der Waals surface area contributed by atoms with E-state index in [0.29, 0.717) is 35.7 Å². The van der Waals surface area contributed by atoms with Crippen molar-refractivity contribution in [2.45, 2.75) is 20.1 Å². The lowest BCUT2D eigenvalue weighted by Crippen LogP contribution is -2.02. The molecule has 0 atom stereocenters. The number of benzene rings is 2. The van der Waals surface area contributed by atoms with Crippen LogP contribution in [0, 0.1) is 5.82 Å². The Balaban J connectivity index is 2.15. The van der Waals surface area contributed by atoms with Crippen molar-refractivity contribution in [1.82, 2.24) is 0 Å². The zero-order valence-corrected chi connectivity index (χ0v) is 13.3. The number of halogens is 2. The summed E-state index contributed by atoms with van der Waals surface area (Å²) in [6, 6.07) is 10.1. The molecule has 21 heavy (non-hydrogen) atoms. The van der Waals surface area contributed by atoms with Crippen molar-refractivity contribution in [1.29, 1.82) is 0 Å². The molecule has 2 aromatic carbocycles. The van der Waals surface area contributed by atoms with Crippen LogP contribution >= 0.6 is 15.9 Å². The van der Waals surface area contributed by atoms with Crippen molar-refractivity contribution in [2.75, 3.05) is 6.61 Å². The molecule has 0 aliphatic carbocycles. The molecule has 5 heteroatoms. The maximum atomic E-state index is 13.1. The van der Waals surface area contributed by atoms with Crippen molar-refractivity contribution in [3.8, 4) is 11.5 Å². The summed E-state index contributed by atoms with van der Waals surface area (Å²) in [4.78, 5) is 0. The SMILES string of the molecule is CCOc1cc(CN)ccc1OCc1ccc(F)cc1Br. The van der Waals surface area contributed by atoms with Gasteiger partial charge < -0.3 is 15.2 Å². The monoisotopic (exact) mass is 353 g/mol. The number of nitrogens with two attached hydrogens (primary N) is 1. The van der Waals surface area contributed by atoms with Crippen LogP contribution in [0.3, 0.4) is 0 Å². The normalized spacial score (nSPS) is 10.5. The molecule has 0 aliphatic heterocycles. The molecular formula is C16H17BrFNO2. The fourth-order valence-corrected chi connectivity index (χ4v) is 2.33. The van der Waals surface area contributed by atoms with Gasteiger partial charge in [0.15, 0.2) is 11.5 Å². The Bertz CT molecular complexity index is 619. The Morgan fingerprint density at radius 1 is 1.10 bits per heavy atom. The van der Waals surface area contributed by atoms with Crippen LogP contribution in [0.2, 0.25) is 0 Å². The highest BCUT2D eigenvalue weighted by Gasteiger charge is 2.08. The zero-order valence-electron chi connectivity index (χ0n) is 11.7. The van der Waals surface area contributed by atoms with E-state index in [2.05, 4.69) is 15.9 Å². The molecule has 0 saturated heterocycles. The van der Waals surface area contributed by atoms with E-state index in [9.17, 15) is 4.39 Å². The molecule has 0 saturated carbocycles. The summed E-state index contributed by atoms with van der Waals surface area (Å²) in [6.45, 7) is 3.23. The van der Waals surface area contributed by atoms with Gasteiger partial charge in [0.25, 0.3) is 0 Å². The van der Waals surface area contributed by atoms with Crippen LogP contribution in [-0.2, 0) is 13.2 Å². The van der Waals surface area contributed by atoms with E-state index >= 15 is 0 Å². The van der Waals surface area contributed by atoms with Gasteiger partial charge in [0.2, 0.25) is 0 Å². The zero-order chi connectivity index (χ0) is 15.2. The number of rotatable bonds is 6. The molecule has 2 N–H and O–H groups in total. The predicted octanol–water partition coefficient (Wildman–Crippen LogP) is 4.02. The van der Waals surface area contributed by atoms with Gasteiger partial charge in [0, 0.05) is 16.6 Å². The van der Waals surface area contributed by atoms with Crippen molar-refractivity contribution in [2.24, 2.45) is 5.73 Å². The molecule has 0 spiro atoms. The summed E-state index contributed by atoms with van der Waals surface area (Å²) in [5, 5.41) is 0. The molecule has 0 unspecified atom stereocenters. The van der Waals surface area contributed by atoms with Gasteiger partial charge in [-0.2, -0.15) is 0 Å². The van der Waals surface area contributed by atoms with Crippen LogP contribution in [0.5, 0.6) is 11.5 Å². The minimum absolute atomic E-state index is 0.284. The first-order valence-electron chi connectivity index (χ1n) is 6.66. The fourth-order valence-electron chi connectivity index (χ4n) is 1.86. The maximum absolute atomic E-state index is 13.1. The van der Waals surface area contributed by atoms with Crippen molar-refractivity contribution < 1.29 is 13.9 Å². The third kappa shape index (κ3) is 4.19. The van der Waals surface area contributed by atoms with E-state index in [4.69, 9.17) is 15.2 Å². The summed E-state index contributed by atoms with van der Waals surface area (Å²) in [7, 11) is 0. The van der Waals surface area contributed by atoms with Crippen molar-refractivity contribution in [3.63, 3.8) is 0 Å². The largest absolute Gasteiger partial charge is 0.490 e. The van der Waals surface area contributed by atoms with E-state index in [-0.39, 0.29) is 5.82 Å². The van der Waals surface area contributed by atoms with Gasteiger partial charge >= 0.3 is 0 Å². The van der Waals surface area contributed by atoms with Gasteiger partial charge in [-0.05, 0) is 36.8 Å². The molecule has 2 rings (SSSR count). The molecule has 112 valence electrons. The van der Waals surface area contributed by atoms with Crippen LogP contribution in [0.1, 0.15) is 18.1 Å². The Labute approximate surface area is 132 Å². The van der Waals surface area contributed by atoms with Gasteiger partial charge in [0.05, 0.1) is 6.61 Å². The molecular weight excluding hydrogens is 337 g/mol. The first-order chi connectivity index (χ1) is 10.1. The second kappa shape index (κ2) is 7.43. The number of hydrogen-bond donors (Lipinski definition) is 1. The fraction of sp³-hybridized carbons (Fsp3) is 0.250. The van der Waals surface area contributed by atoms with Crippen LogP contribution < -0.4 is 15.2 Å². The molecule has 0 bridgehead atoms. The maximum Gasteiger partial charge on any atom is 0.161 e. The highest BCUT2D eigenvalue weighted by molar-refractivity contribution is 9.10. The van der Waals surface area contributed by atoms with E-state index in [1.54, 1.807) is 6.07 Å². The second-order valence-corrected chi connectivity index (χ2v) is 5.30. The average molecular weight is 354 g/mol. The lowest BCUT2D eigenvalue weighted by atomic mass is 10.2. The van der Waals surface area contributed by atoms with Gasteiger partial charge in [-0.1, -0.05) is 28.1 Å². The lowest BCUT2D eigenvalue weighted by Gasteiger charge is -2.13. The Morgan fingerprint density at radius 3 is 2.57 bits per heavy atom. The van der Waals surface area contributed by atoms with Crippen LogP contribution in [0.15, 0.2) is 40.9 Å². The third-order valence-electron chi connectivity index (χ3n) is 2.94. The van der Waals surface area contributed by atoms with Crippen LogP contribution in [0.4, 0.5) is 4.39 Å². The quantitative estimate of drug-likeness (QED) is 0.852. The van der Waals surface area contributed by atoms with Gasteiger partial charge in [0.1, 0.15) is 12.4 Å². The van der Waals surface area contributed by atoms with Crippen molar-refractivity contribution in [3.05, 3.63) is 57.8 Å². The average Bonchev–Trinajstić information content (AvgIpc) is 2.47. The minimum atomic E-state index is -0.284. The van der Waals surface area contributed by atoms with E-state index in [1.807, 2.05) is 25.1 Å².